The highest BCUT2D eigenvalue weighted by Gasteiger charge is 2.37. The lowest BCUT2D eigenvalue weighted by Crippen LogP contribution is -2.45. The van der Waals surface area contributed by atoms with Crippen LogP contribution < -0.4 is 5.73 Å². The van der Waals surface area contributed by atoms with Gasteiger partial charge in [0.05, 0.1) is 0 Å². The average Bonchev–Trinajstić information content (AvgIpc) is 2.87. The third kappa shape index (κ3) is 2.71. The van der Waals surface area contributed by atoms with Crippen LogP contribution in [0.15, 0.2) is 0 Å². The van der Waals surface area contributed by atoms with Crippen LogP contribution in [0, 0.1) is 17.3 Å². The minimum atomic E-state index is 0.223. The van der Waals surface area contributed by atoms with E-state index in [1.54, 1.807) is 0 Å². The van der Waals surface area contributed by atoms with E-state index in [0.29, 0.717) is 23.8 Å². The van der Waals surface area contributed by atoms with Gasteiger partial charge in [-0.2, -0.15) is 0 Å². The number of nitrogens with zero attached hydrogens (tertiary/aromatic N) is 1. The fraction of sp³-hybridized carbons (Fsp3) is 0.933. The molecule has 0 spiro atoms. The van der Waals surface area contributed by atoms with Gasteiger partial charge in [-0.3, -0.25) is 4.79 Å². The minimum Gasteiger partial charge on any atom is -0.342 e. The Labute approximate surface area is 111 Å². The molecule has 1 aliphatic heterocycles. The molecule has 2 N–H and O–H groups in total. The Balaban J connectivity index is 1.91. The number of carbonyl (C=O) groups excluding carboxylic acids is 1. The van der Waals surface area contributed by atoms with E-state index in [9.17, 15) is 4.79 Å². The fourth-order valence-corrected chi connectivity index (χ4v) is 3.50. The van der Waals surface area contributed by atoms with Gasteiger partial charge in [0.2, 0.25) is 5.91 Å². The first-order valence-electron chi connectivity index (χ1n) is 7.58. The van der Waals surface area contributed by atoms with Gasteiger partial charge >= 0.3 is 0 Å². The van der Waals surface area contributed by atoms with Crippen molar-refractivity contribution in [2.45, 2.75) is 52.4 Å². The summed E-state index contributed by atoms with van der Waals surface area (Å²) in [6, 6.07) is 0. The van der Waals surface area contributed by atoms with Gasteiger partial charge in [-0.15, -0.1) is 0 Å². The zero-order valence-corrected chi connectivity index (χ0v) is 12.0. The number of nitrogens with two attached hydrogens (primary N) is 1. The Morgan fingerprint density at radius 3 is 2.56 bits per heavy atom. The predicted molar refractivity (Wildman–Crippen MR) is 74.1 cm³/mol. The Bertz CT molecular complexity index is 295. The summed E-state index contributed by atoms with van der Waals surface area (Å²) >= 11 is 0. The highest BCUT2D eigenvalue weighted by Crippen LogP contribution is 2.37. The summed E-state index contributed by atoms with van der Waals surface area (Å²) in [4.78, 5) is 14.6. The van der Waals surface area contributed by atoms with Crippen molar-refractivity contribution in [1.29, 1.82) is 0 Å². The maximum absolute atomic E-state index is 12.5. The standard InChI is InChI=1S/C15H28N2O/c1-3-15(2)7-9-17(10-8-15)14(18)13-6-4-5-12(13)11-16/h12-13H,3-11,16H2,1-2H3. The van der Waals surface area contributed by atoms with Crippen LogP contribution in [0.5, 0.6) is 0 Å². The van der Waals surface area contributed by atoms with E-state index in [1.165, 1.54) is 12.8 Å². The molecule has 2 unspecified atom stereocenters. The molecule has 104 valence electrons. The molecule has 0 aromatic heterocycles. The molecule has 3 nitrogen and oxygen atoms in total. The van der Waals surface area contributed by atoms with E-state index in [0.717, 1.165) is 38.8 Å². The van der Waals surface area contributed by atoms with Gasteiger partial charge in [-0.1, -0.05) is 26.7 Å². The molecule has 2 atom stereocenters. The SMILES string of the molecule is CCC1(C)CCN(C(=O)C2CCCC2CN)CC1. The van der Waals surface area contributed by atoms with Crippen LogP contribution in [0.25, 0.3) is 0 Å². The zero-order chi connectivity index (χ0) is 13.2. The van der Waals surface area contributed by atoms with Crippen LogP contribution in [0.4, 0.5) is 0 Å². The second-order valence-corrected chi connectivity index (χ2v) is 6.52. The molecule has 1 amide bonds. The van der Waals surface area contributed by atoms with E-state index in [1.807, 2.05) is 0 Å². The van der Waals surface area contributed by atoms with Crippen molar-refractivity contribution in [1.82, 2.24) is 4.90 Å². The molecule has 1 saturated carbocycles. The minimum absolute atomic E-state index is 0.223. The van der Waals surface area contributed by atoms with Gasteiger partial charge in [0, 0.05) is 19.0 Å². The Morgan fingerprint density at radius 1 is 1.33 bits per heavy atom. The quantitative estimate of drug-likeness (QED) is 0.838. The van der Waals surface area contributed by atoms with Gasteiger partial charge in [-0.05, 0) is 43.6 Å². The van der Waals surface area contributed by atoms with Crippen LogP contribution in [0.3, 0.4) is 0 Å². The molecule has 0 bridgehead atoms. The Morgan fingerprint density at radius 2 is 2.00 bits per heavy atom. The Hall–Kier alpha value is -0.570. The van der Waals surface area contributed by atoms with Crippen molar-refractivity contribution in [2.75, 3.05) is 19.6 Å². The van der Waals surface area contributed by atoms with E-state index < -0.39 is 0 Å². The molecular weight excluding hydrogens is 224 g/mol. The van der Waals surface area contributed by atoms with E-state index in [4.69, 9.17) is 5.73 Å². The summed E-state index contributed by atoms with van der Waals surface area (Å²) in [7, 11) is 0. The lowest BCUT2D eigenvalue weighted by molar-refractivity contribution is -0.138. The van der Waals surface area contributed by atoms with Gasteiger partial charge in [0.1, 0.15) is 0 Å². The van der Waals surface area contributed by atoms with Gasteiger partial charge in [-0.25, -0.2) is 0 Å². The van der Waals surface area contributed by atoms with E-state index in [2.05, 4.69) is 18.7 Å². The van der Waals surface area contributed by atoms with Crippen molar-refractivity contribution in [2.24, 2.45) is 23.0 Å². The molecule has 18 heavy (non-hydrogen) atoms. The van der Waals surface area contributed by atoms with Gasteiger partial charge in [0.15, 0.2) is 0 Å². The van der Waals surface area contributed by atoms with Crippen molar-refractivity contribution in [3.63, 3.8) is 0 Å². The normalized spacial score (nSPS) is 31.6. The first kappa shape index (κ1) is 13.9. The molecule has 2 aliphatic rings. The summed E-state index contributed by atoms with van der Waals surface area (Å²) in [6.07, 6.45) is 6.93. The first-order valence-corrected chi connectivity index (χ1v) is 7.58. The average molecular weight is 252 g/mol. The number of amides is 1. The summed E-state index contributed by atoms with van der Waals surface area (Å²) in [5.74, 6) is 1.05. The third-order valence-electron chi connectivity index (χ3n) is 5.41. The summed E-state index contributed by atoms with van der Waals surface area (Å²) in [6.45, 7) is 7.21. The molecule has 3 heteroatoms. The molecule has 0 aromatic carbocycles. The first-order chi connectivity index (χ1) is 8.59. The third-order valence-corrected chi connectivity index (χ3v) is 5.41. The van der Waals surface area contributed by atoms with Crippen LogP contribution in [0.1, 0.15) is 52.4 Å². The van der Waals surface area contributed by atoms with Crippen LogP contribution in [-0.2, 0) is 4.79 Å². The molecular formula is C15H28N2O. The number of rotatable bonds is 3. The lowest BCUT2D eigenvalue weighted by atomic mass is 9.78. The monoisotopic (exact) mass is 252 g/mol. The molecule has 1 saturated heterocycles. The number of likely N-dealkylation sites (tertiary alicyclic amines) is 1. The fourth-order valence-electron chi connectivity index (χ4n) is 3.50. The number of piperidine rings is 1. The van der Waals surface area contributed by atoms with Crippen LogP contribution in [0.2, 0.25) is 0 Å². The molecule has 0 aromatic rings. The largest absolute Gasteiger partial charge is 0.342 e. The molecule has 2 rings (SSSR count). The maximum atomic E-state index is 12.5. The molecule has 1 aliphatic carbocycles. The summed E-state index contributed by atoms with van der Waals surface area (Å²) in [5.41, 5.74) is 6.24. The molecule has 1 heterocycles. The van der Waals surface area contributed by atoms with Crippen molar-refractivity contribution in [3.05, 3.63) is 0 Å². The zero-order valence-electron chi connectivity index (χ0n) is 12.0. The van der Waals surface area contributed by atoms with E-state index >= 15 is 0 Å². The van der Waals surface area contributed by atoms with Crippen molar-refractivity contribution in [3.8, 4) is 0 Å². The summed E-state index contributed by atoms with van der Waals surface area (Å²) in [5, 5.41) is 0. The van der Waals surface area contributed by atoms with Gasteiger partial charge in [0.25, 0.3) is 0 Å². The predicted octanol–water partition coefficient (Wildman–Crippen LogP) is 2.40. The Kier molecular flexibility index (Phi) is 4.31. The smallest absolute Gasteiger partial charge is 0.226 e. The maximum Gasteiger partial charge on any atom is 0.226 e. The second kappa shape index (κ2) is 5.60. The van der Waals surface area contributed by atoms with Crippen molar-refractivity contribution >= 4 is 5.91 Å². The van der Waals surface area contributed by atoms with Crippen LogP contribution >= 0.6 is 0 Å². The second-order valence-electron chi connectivity index (χ2n) is 6.52. The van der Waals surface area contributed by atoms with Crippen LogP contribution in [-0.4, -0.2) is 30.4 Å². The molecule has 0 radical (unpaired) electrons. The van der Waals surface area contributed by atoms with Crippen molar-refractivity contribution < 1.29 is 4.79 Å². The lowest BCUT2D eigenvalue weighted by Gasteiger charge is -2.40. The van der Waals surface area contributed by atoms with E-state index in [-0.39, 0.29) is 5.92 Å². The number of hydrogen-bond donors (Lipinski definition) is 1. The summed E-state index contributed by atoms with van der Waals surface area (Å²) < 4.78 is 0. The molecule has 2 fully saturated rings. The highest BCUT2D eigenvalue weighted by molar-refractivity contribution is 5.79. The highest BCUT2D eigenvalue weighted by atomic mass is 16.2. The topological polar surface area (TPSA) is 46.3 Å². The van der Waals surface area contributed by atoms with Gasteiger partial charge < -0.3 is 10.6 Å². The number of hydrogen-bond acceptors (Lipinski definition) is 2. The number of carbonyl (C=O) groups is 1.